The molecule has 1 aromatic carbocycles. The van der Waals surface area contributed by atoms with Gasteiger partial charge in [0.15, 0.2) is 0 Å². The minimum atomic E-state index is -5.11. The predicted molar refractivity (Wildman–Crippen MR) is 66.7 cm³/mol. The number of rotatable bonds is 6. The summed E-state index contributed by atoms with van der Waals surface area (Å²) in [6.07, 6.45) is 1.15. The van der Waals surface area contributed by atoms with Crippen LogP contribution in [-0.2, 0) is 0 Å². The summed E-state index contributed by atoms with van der Waals surface area (Å²) < 4.78 is 49.1. The van der Waals surface area contributed by atoms with Gasteiger partial charge in [-0.3, -0.25) is 0 Å². The minimum absolute atomic E-state index is 0.114. The lowest BCUT2D eigenvalue weighted by molar-refractivity contribution is 0.193. The molecular formula is C12H17BF3O2-. The Balaban J connectivity index is 3.10. The Labute approximate surface area is 105 Å². The molecule has 0 aliphatic rings. The largest absolute Gasteiger partial charge is 0.513 e. The van der Waals surface area contributed by atoms with Crippen LogP contribution in [-0.4, -0.2) is 20.2 Å². The van der Waals surface area contributed by atoms with E-state index in [2.05, 4.69) is 0 Å². The molecule has 0 aromatic heterocycles. The molecule has 18 heavy (non-hydrogen) atoms. The van der Waals surface area contributed by atoms with Crippen LogP contribution in [0.2, 0.25) is 0 Å². The number of hydrogen-bond acceptors (Lipinski definition) is 2. The standard InChI is InChI=1S/C12H17BF3O2/c1-4-9(5-2)18-12-7-6-10(17-3)8-11(12)13(14,15)16/h6-9H,4-5H2,1-3H3/q-1. The first-order chi connectivity index (χ1) is 8.42. The van der Waals surface area contributed by atoms with Crippen LogP contribution < -0.4 is 14.9 Å². The maximum Gasteiger partial charge on any atom is 0.513 e. The highest BCUT2D eigenvalue weighted by Gasteiger charge is 2.30. The number of benzene rings is 1. The molecule has 102 valence electrons. The number of ether oxygens (including phenoxy) is 2. The van der Waals surface area contributed by atoms with Crippen LogP contribution in [0, 0.1) is 0 Å². The summed E-state index contributed by atoms with van der Waals surface area (Å²) in [6.45, 7) is -1.34. The Morgan fingerprint density at radius 3 is 2.22 bits per heavy atom. The third-order valence-corrected chi connectivity index (χ3v) is 2.77. The average Bonchev–Trinajstić information content (AvgIpc) is 2.34. The maximum atomic E-state index is 12.9. The molecule has 0 fully saturated rings. The van der Waals surface area contributed by atoms with Gasteiger partial charge in [-0.05, 0) is 31.0 Å². The second-order valence-corrected chi connectivity index (χ2v) is 4.03. The molecular weight excluding hydrogens is 244 g/mol. The van der Waals surface area contributed by atoms with E-state index in [-0.39, 0.29) is 17.6 Å². The third-order valence-electron chi connectivity index (χ3n) is 2.77. The molecule has 0 aliphatic heterocycles. The zero-order chi connectivity index (χ0) is 13.8. The first kappa shape index (κ1) is 14.7. The van der Waals surface area contributed by atoms with Gasteiger partial charge < -0.3 is 22.4 Å². The highest BCUT2D eigenvalue weighted by Crippen LogP contribution is 2.24. The van der Waals surface area contributed by atoms with Gasteiger partial charge in [0, 0.05) is 0 Å². The first-order valence-corrected chi connectivity index (χ1v) is 5.96. The second-order valence-electron chi connectivity index (χ2n) is 4.03. The van der Waals surface area contributed by atoms with E-state index in [1.165, 1.54) is 19.2 Å². The number of methoxy groups -OCH3 is 1. The summed E-state index contributed by atoms with van der Waals surface area (Å²) in [4.78, 5) is 0. The number of halogens is 3. The lowest BCUT2D eigenvalue weighted by Gasteiger charge is -2.24. The molecule has 0 unspecified atom stereocenters. The van der Waals surface area contributed by atoms with Crippen LogP contribution in [0.15, 0.2) is 18.2 Å². The van der Waals surface area contributed by atoms with Crippen LogP contribution >= 0.6 is 0 Å². The quantitative estimate of drug-likeness (QED) is 0.731. The highest BCUT2D eigenvalue weighted by molar-refractivity contribution is 6.74. The predicted octanol–water partition coefficient (Wildman–Crippen LogP) is 3.32. The molecule has 0 bridgehead atoms. The normalized spacial score (nSPS) is 11.7. The van der Waals surface area contributed by atoms with Gasteiger partial charge in [0.1, 0.15) is 5.75 Å². The lowest BCUT2D eigenvalue weighted by atomic mass is 9.79. The molecule has 0 radical (unpaired) electrons. The molecule has 0 atom stereocenters. The molecule has 0 spiro atoms. The van der Waals surface area contributed by atoms with Gasteiger partial charge in [-0.15, -0.1) is 0 Å². The first-order valence-electron chi connectivity index (χ1n) is 5.96. The Morgan fingerprint density at radius 1 is 1.17 bits per heavy atom. The Kier molecular flexibility index (Phi) is 4.93. The zero-order valence-electron chi connectivity index (χ0n) is 10.8. The Morgan fingerprint density at radius 2 is 1.78 bits per heavy atom. The maximum absolute atomic E-state index is 12.9. The van der Waals surface area contributed by atoms with Gasteiger partial charge in [0.05, 0.1) is 19.0 Å². The topological polar surface area (TPSA) is 18.5 Å². The smallest absolute Gasteiger partial charge is 0.497 e. The van der Waals surface area contributed by atoms with Crippen molar-refractivity contribution >= 4 is 12.4 Å². The molecule has 0 saturated carbocycles. The minimum Gasteiger partial charge on any atom is -0.497 e. The van der Waals surface area contributed by atoms with E-state index in [4.69, 9.17) is 9.47 Å². The fraction of sp³-hybridized carbons (Fsp3) is 0.500. The molecule has 0 heterocycles. The summed E-state index contributed by atoms with van der Waals surface area (Å²) in [5.74, 6) is 0.0677. The van der Waals surface area contributed by atoms with Crippen molar-refractivity contribution in [3.05, 3.63) is 18.2 Å². The van der Waals surface area contributed by atoms with Crippen molar-refractivity contribution in [1.82, 2.24) is 0 Å². The van der Waals surface area contributed by atoms with Gasteiger partial charge in [-0.1, -0.05) is 19.3 Å². The van der Waals surface area contributed by atoms with Gasteiger partial charge in [-0.25, -0.2) is 0 Å². The SMILES string of the molecule is CCC(CC)Oc1ccc(OC)cc1[B-](F)(F)F. The van der Waals surface area contributed by atoms with Crippen LogP contribution in [0.25, 0.3) is 0 Å². The molecule has 0 N–H and O–H groups in total. The highest BCUT2D eigenvalue weighted by atomic mass is 19.4. The van der Waals surface area contributed by atoms with Crippen LogP contribution in [0.3, 0.4) is 0 Å². The molecule has 2 nitrogen and oxygen atoms in total. The lowest BCUT2D eigenvalue weighted by Crippen LogP contribution is -2.36. The van der Waals surface area contributed by atoms with Gasteiger partial charge in [-0.2, -0.15) is 0 Å². The Bertz CT molecular complexity index is 389. The van der Waals surface area contributed by atoms with Crippen molar-refractivity contribution in [2.75, 3.05) is 7.11 Å². The summed E-state index contributed by atoms with van der Waals surface area (Å²) in [5, 5.41) is 0. The van der Waals surface area contributed by atoms with Gasteiger partial charge in [0.25, 0.3) is 0 Å². The monoisotopic (exact) mass is 261 g/mol. The van der Waals surface area contributed by atoms with E-state index in [0.717, 1.165) is 6.07 Å². The van der Waals surface area contributed by atoms with Crippen molar-refractivity contribution in [2.45, 2.75) is 32.8 Å². The molecule has 0 aliphatic carbocycles. The van der Waals surface area contributed by atoms with Crippen molar-refractivity contribution in [2.24, 2.45) is 0 Å². The summed E-state index contributed by atoms with van der Waals surface area (Å²) in [7, 11) is 1.34. The average molecular weight is 261 g/mol. The summed E-state index contributed by atoms with van der Waals surface area (Å²) >= 11 is 0. The molecule has 6 heteroatoms. The van der Waals surface area contributed by atoms with Gasteiger partial charge >= 0.3 is 6.98 Å². The van der Waals surface area contributed by atoms with E-state index >= 15 is 0 Å². The fourth-order valence-electron chi connectivity index (χ4n) is 1.65. The Hall–Kier alpha value is -1.33. The van der Waals surface area contributed by atoms with Crippen LogP contribution in [0.1, 0.15) is 26.7 Å². The molecule has 1 aromatic rings. The summed E-state index contributed by atoms with van der Waals surface area (Å²) in [5.41, 5.74) is -0.735. The molecule has 0 saturated heterocycles. The fourth-order valence-corrected chi connectivity index (χ4v) is 1.65. The zero-order valence-corrected chi connectivity index (χ0v) is 10.8. The van der Waals surface area contributed by atoms with Crippen molar-refractivity contribution in [3.8, 4) is 11.5 Å². The van der Waals surface area contributed by atoms with Crippen molar-refractivity contribution in [3.63, 3.8) is 0 Å². The van der Waals surface area contributed by atoms with Crippen molar-refractivity contribution < 1.29 is 22.4 Å². The van der Waals surface area contributed by atoms with Crippen LogP contribution in [0.5, 0.6) is 11.5 Å². The third kappa shape index (κ3) is 3.58. The summed E-state index contributed by atoms with van der Waals surface area (Å²) in [6, 6.07) is 3.78. The molecule has 0 amide bonds. The van der Waals surface area contributed by atoms with Gasteiger partial charge in [0.2, 0.25) is 0 Å². The molecule has 1 rings (SSSR count). The van der Waals surface area contributed by atoms with Crippen molar-refractivity contribution in [1.29, 1.82) is 0 Å². The van der Waals surface area contributed by atoms with E-state index in [0.29, 0.717) is 12.8 Å². The van der Waals surface area contributed by atoms with E-state index in [1.54, 1.807) is 0 Å². The van der Waals surface area contributed by atoms with E-state index in [9.17, 15) is 12.9 Å². The second kappa shape index (κ2) is 6.02. The van der Waals surface area contributed by atoms with E-state index in [1.807, 2.05) is 13.8 Å². The van der Waals surface area contributed by atoms with Crippen LogP contribution in [0.4, 0.5) is 12.9 Å². The number of hydrogen-bond donors (Lipinski definition) is 0. The van der Waals surface area contributed by atoms with E-state index < -0.39 is 12.4 Å².